The van der Waals surface area contributed by atoms with Crippen LogP contribution in [0.5, 0.6) is 0 Å². The Balaban J connectivity index is 1.77. The molecule has 27 heavy (non-hydrogen) atoms. The highest BCUT2D eigenvalue weighted by molar-refractivity contribution is 8.00. The summed E-state index contributed by atoms with van der Waals surface area (Å²) in [5.41, 5.74) is 6.36. The lowest BCUT2D eigenvalue weighted by atomic mass is 10.1. The van der Waals surface area contributed by atoms with Gasteiger partial charge in [-0.3, -0.25) is 9.36 Å². The smallest absolute Gasteiger partial charge is 0.237 e. The van der Waals surface area contributed by atoms with E-state index in [-0.39, 0.29) is 11.2 Å². The lowest BCUT2D eigenvalue weighted by Crippen LogP contribution is -2.24. The summed E-state index contributed by atoms with van der Waals surface area (Å²) in [7, 11) is 0. The number of amides is 1. The number of rotatable bonds is 5. The number of hydrogen-bond acceptors (Lipinski definition) is 4. The van der Waals surface area contributed by atoms with Gasteiger partial charge in [-0.15, -0.1) is 10.2 Å². The number of aromatic nitrogens is 3. The molecule has 0 saturated heterocycles. The molecule has 6 heteroatoms. The van der Waals surface area contributed by atoms with Crippen LogP contribution in [0.2, 0.25) is 0 Å². The summed E-state index contributed by atoms with van der Waals surface area (Å²) in [6.07, 6.45) is 1.68. The molecule has 1 N–H and O–H groups in total. The van der Waals surface area contributed by atoms with E-state index in [1.807, 2.05) is 56.5 Å². The summed E-state index contributed by atoms with van der Waals surface area (Å²) >= 11 is 1.40. The standard InChI is InChI=1S/C21H24N4OS/c1-13-10-15(3)19(16(4)11-13)23-20(26)17(5)27-21-24-22-12-25(21)18-9-7-6-8-14(18)2/h6-12,17H,1-5H3,(H,23,26)/t17-/m1/s1. The second-order valence-electron chi connectivity index (χ2n) is 6.79. The van der Waals surface area contributed by atoms with Gasteiger partial charge in [0.15, 0.2) is 5.16 Å². The van der Waals surface area contributed by atoms with Gasteiger partial charge < -0.3 is 5.32 Å². The van der Waals surface area contributed by atoms with Crippen LogP contribution < -0.4 is 5.32 Å². The number of benzene rings is 2. The molecular formula is C21H24N4OS. The van der Waals surface area contributed by atoms with E-state index in [0.717, 1.165) is 28.1 Å². The summed E-state index contributed by atoms with van der Waals surface area (Å²) < 4.78 is 1.92. The minimum Gasteiger partial charge on any atom is -0.325 e. The summed E-state index contributed by atoms with van der Waals surface area (Å²) in [6.45, 7) is 10.0. The fourth-order valence-electron chi connectivity index (χ4n) is 3.12. The van der Waals surface area contributed by atoms with E-state index in [1.165, 1.54) is 17.3 Å². The first-order valence-corrected chi connectivity index (χ1v) is 9.76. The van der Waals surface area contributed by atoms with Crippen LogP contribution in [0.3, 0.4) is 0 Å². The van der Waals surface area contributed by atoms with E-state index in [9.17, 15) is 4.79 Å². The number of carbonyl (C=O) groups excluding carboxylic acids is 1. The van der Waals surface area contributed by atoms with Crippen molar-refractivity contribution in [3.8, 4) is 5.69 Å². The SMILES string of the molecule is Cc1cc(C)c(NC(=O)[C@@H](C)Sc2nncn2-c2ccccc2C)c(C)c1. The lowest BCUT2D eigenvalue weighted by molar-refractivity contribution is -0.115. The highest BCUT2D eigenvalue weighted by Crippen LogP contribution is 2.27. The summed E-state index contributed by atoms with van der Waals surface area (Å²) in [5, 5.41) is 11.7. The van der Waals surface area contributed by atoms with E-state index < -0.39 is 0 Å². The van der Waals surface area contributed by atoms with Gasteiger partial charge in [-0.25, -0.2) is 0 Å². The predicted octanol–water partition coefficient (Wildman–Crippen LogP) is 4.62. The molecule has 0 aliphatic rings. The molecule has 1 heterocycles. The van der Waals surface area contributed by atoms with Crippen molar-refractivity contribution < 1.29 is 4.79 Å². The molecule has 1 amide bonds. The first kappa shape index (κ1) is 19.2. The molecule has 0 unspecified atom stereocenters. The number of hydrogen-bond donors (Lipinski definition) is 1. The molecule has 5 nitrogen and oxygen atoms in total. The number of para-hydroxylation sites is 1. The van der Waals surface area contributed by atoms with Gasteiger partial charge in [0.2, 0.25) is 5.91 Å². The Morgan fingerprint density at radius 3 is 2.41 bits per heavy atom. The summed E-state index contributed by atoms with van der Waals surface area (Å²) in [6, 6.07) is 12.2. The first-order chi connectivity index (χ1) is 12.9. The molecule has 0 fully saturated rings. The van der Waals surface area contributed by atoms with E-state index in [2.05, 4.69) is 34.6 Å². The van der Waals surface area contributed by atoms with Crippen molar-refractivity contribution in [1.82, 2.24) is 14.8 Å². The molecule has 1 atom stereocenters. The van der Waals surface area contributed by atoms with Crippen molar-refractivity contribution in [2.24, 2.45) is 0 Å². The van der Waals surface area contributed by atoms with Gasteiger partial charge in [0.25, 0.3) is 0 Å². The van der Waals surface area contributed by atoms with Gasteiger partial charge in [-0.05, 0) is 57.4 Å². The average molecular weight is 381 g/mol. The molecule has 140 valence electrons. The zero-order valence-electron chi connectivity index (χ0n) is 16.3. The second kappa shape index (κ2) is 7.96. The molecule has 0 radical (unpaired) electrons. The maximum Gasteiger partial charge on any atom is 0.237 e. The minimum atomic E-state index is -0.308. The maximum atomic E-state index is 12.8. The molecule has 3 rings (SSSR count). The fourth-order valence-corrected chi connectivity index (χ4v) is 3.95. The first-order valence-electron chi connectivity index (χ1n) is 8.88. The molecule has 2 aromatic carbocycles. The Morgan fingerprint density at radius 2 is 1.74 bits per heavy atom. The largest absolute Gasteiger partial charge is 0.325 e. The predicted molar refractivity (Wildman–Crippen MR) is 111 cm³/mol. The normalized spacial score (nSPS) is 12.0. The van der Waals surface area contributed by atoms with E-state index in [4.69, 9.17) is 0 Å². The van der Waals surface area contributed by atoms with E-state index >= 15 is 0 Å². The van der Waals surface area contributed by atoms with Crippen LogP contribution in [0.4, 0.5) is 5.69 Å². The number of thioether (sulfide) groups is 1. The molecule has 0 aliphatic heterocycles. The van der Waals surface area contributed by atoms with Gasteiger partial charge in [0.05, 0.1) is 10.9 Å². The van der Waals surface area contributed by atoms with Crippen LogP contribution in [0.25, 0.3) is 5.69 Å². The molecule has 0 aliphatic carbocycles. The number of nitrogens with zero attached hydrogens (tertiary/aromatic N) is 3. The number of aryl methyl sites for hydroxylation is 4. The maximum absolute atomic E-state index is 12.8. The van der Waals surface area contributed by atoms with Gasteiger partial charge in [0.1, 0.15) is 6.33 Å². The second-order valence-corrected chi connectivity index (χ2v) is 8.10. The Hall–Kier alpha value is -2.60. The van der Waals surface area contributed by atoms with Crippen molar-refractivity contribution in [3.05, 3.63) is 65.0 Å². The van der Waals surface area contributed by atoms with Crippen molar-refractivity contribution >= 4 is 23.4 Å². The zero-order chi connectivity index (χ0) is 19.6. The Bertz CT molecular complexity index is 957. The van der Waals surface area contributed by atoms with Gasteiger partial charge in [-0.1, -0.05) is 47.7 Å². The Kier molecular flexibility index (Phi) is 5.65. The van der Waals surface area contributed by atoms with Crippen molar-refractivity contribution in [3.63, 3.8) is 0 Å². The topological polar surface area (TPSA) is 59.8 Å². The lowest BCUT2D eigenvalue weighted by Gasteiger charge is -2.16. The van der Waals surface area contributed by atoms with Crippen LogP contribution in [0, 0.1) is 27.7 Å². The Labute approximate surface area is 164 Å². The monoisotopic (exact) mass is 380 g/mol. The quantitative estimate of drug-likeness (QED) is 0.656. The molecule has 3 aromatic rings. The number of nitrogens with one attached hydrogen (secondary N) is 1. The van der Waals surface area contributed by atoms with E-state index in [0.29, 0.717) is 5.16 Å². The zero-order valence-corrected chi connectivity index (χ0v) is 17.1. The molecule has 1 aromatic heterocycles. The van der Waals surface area contributed by atoms with Crippen molar-refractivity contribution in [2.45, 2.75) is 45.0 Å². The Morgan fingerprint density at radius 1 is 1.07 bits per heavy atom. The van der Waals surface area contributed by atoms with Crippen molar-refractivity contribution in [2.75, 3.05) is 5.32 Å². The third-order valence-electron chi connectivity index (χ3n) is 4.47. The summed E-state index contributed by atoms with van der Waals surface area (Å²) in [5.74, 6) is -0.0469. The van der Waals surface area contributed by atoms with Crippen LogP contribution in [-0.2, 0) is 4.79 Å². The third kappa shape index (κ3) is 4.22. The van der Waals surface area contributed by atoms with Crippen LogP contribution >= 0.6 is 11.8 Å². The average Bonchev–Trinajstić information content (AvgIpc) is 3.06. The fraction of sp³-hybridized carbons (Fsp3) is 0.286. The molecular weight excluding hydrogens is 356 g/mol. The van der Waals surface area contributed by atoms with E-state index in [1.54, 1.807) is 6.33 Å². The molecule has 0 spiro atoms. The minimum absolute atomic E-state index is 0.0469. The highest BCUT2D eigenvalue weighted by Gasteiger charge is 2.20. The number of carbonyl (C=O) groups is 1. The molecule has 0 saturated carbocycles. The highest BCUT2D eigenvalue weighted by atomic mass is 32.2. The third-order valence-corrected chi connectivity index (χ3v) is 5.52. The number of anilines is 1. The van der Waals surface area contributed by atoms with Crippen LogP contribution in [-0.4, -0.2) is 25.9 Å². The summed E-state index contributed by atoms with van der Waals surface area (Å²) in [4.78, 5) is 12.8. The van der Waals surface area contributed by atoms with Gasteiger partial charge in [0, 0.05) is 5.69 Å². The molecule has 0 bridgehead atoms. The van der Waals surface area contributed by atoms with Gasteiger partial charge in [-0.2, -0.15) is 0 Å². The van der Waals surface area contributed by atoms with Gasteiger partial charge >= 0.3 is 0 Å². The van der Waals surface area contributed by atoms with Crippen LogP contribution in [0.15, 0.2) is 47.9 Å². The van der Waals surface area contributed by atoms with Crippen LogP contribution in [0.1, 0.15) is 29.2 Å². The van der Waals surface area contributed by atoms with Crippen molar-refractivity contribution in [1.29, 1.82) is 0 Å².